The van der Waals surface area contributed by atoms with E-state index >= 15 is 0 Å². The first-order chi connectivity index (χ1) is 6.47. The van der Waals surface area contributed by atoms with E-state index in [1.807, 2.05) is 0 Å². The van der Waals surface area contributed by atoms with Gasteiger partial charge in [0.05, 0.1) is 5.56 Å². The number of alkyl halides is 3. The fourth-order valence-corrected chi connectivity index (χ4v) is 1.46. The third kappa shape index (κ3) is 1.61. The first-order valence-electron chi connectivity index (χ1n) is 3.59. The number of pyridine rings is 1. The van der Waals surface area contributed by atoms with E-state index in [1.54, 1.807) is 0 Å². The Bertz CT molecular complexity index is 477. The Morgan fingerprint density at radius 1 is 1.29 bits per heavy atom. The molecule has 6 heteroatoms. The zero-order valence-corrected chi connectivity index (χ0v) is 8.19. The van der Waals surface area contributed by atoms with Gasteiger partial charge in [-0.1, -0.05) is 0 Å². The van der Waals surface area contributed by atoms with Crippen LogP contribution < -0.4 is 0 Å². The molecule has 0 aliphatic rings. The molecule has 2 aromatic rings. The monoisotopic (exact) mass is 265 g/mol. The average Bonchev–Trinajstić information content (AvgIpc) is 2.41. The summed E-state index contributed by atoms with van der Waals surface area (Å²) in [5.74, 6) is 0. The average molecular weight is 266 g/mol. The van der Waals surface area contributed by atoms with Crippen LogP contribution in [0.15, 0.2) is 27.4 Å². The predicted molar refractivity (Wildman–Crippen MR) is 46.7 cm³/mol. The first-order valence-corrected chi connectivity index (χ1v) is 4.38. The molecule has 0 saturated heterocycles. The SMILES string of the molecule is FC(F)(F)c1cnc2oc(Br)cc2c1. The largest absolute Gasteiger partial charge is 0.431 e. The van der Waals surface area contributed by atoms with Gasteiger partial charge in [0.2, 0.25) is 5.71 Å². The lowest BCUT2D eigenvalue weighted by Gasteiger charge is -2.04. The minimum Gasteiger partial charge on any atom is -0.431 e. The normalized spacial score (nSPS) is 12.3. The minimum atomic E-state index is -4.37. The fourth-order valence-electron chi connectivity index (χ4n) is 1.06. The van der Waals surface area contributed by atoms with Gasteiger partial charge in [0.1, 0.15) is 0 Å². The molecule has 0 saturated carbocycles. The Morgan fingerprint density at radius 2 is 2.00 bits per heavy atom. The predicted octanol–water partition coefficient (Wildman–Crippen LogP) is 3.61. The van der Waals surface area contributed by atoms with Crippen molar-refractivity contribution < 1.29 is 17.6 Å². The number of hydrogen-bond donors (Lipinski definition) is 0. The van der Waals surface area contributed by atoms with Crippen LogP contribution >= 0.6 is 15.9 Å². The number of fused-ring (bicyclic) bond motifs is 1. The van der Waals surface area contributed by atoms with Crippen LogP contribution in [0.1, 0.15) is 5.56 Å². The van der Waals surface area contributed by atoms with Gasteiger partial charge in [0.25, 0.3) is 0 Å². The van der Waals surface area contributed by atoms with Crippen molar-refractivity contribution in [1.82, 2.24) is 4.98 Å². The van der Waals surface area contributed by atoms with Gasteiger partial charge in [-0.3, -0.25) is 0 Å². The molecule has 0 atom stereocenters. The maximum Gasteiger partial charge on any atom is 0.417 e. The highest BCUT2D eigenvalue weighted by atomic mass is 79.9. The molecule has 0 aromatic carbocycles. The van der Waals surface area contributed by atoms with E-state index in [4.69, 9.17) is 4.42 Å². The summed E-state index contributed by atoms with van der Waals surface area (Å²) in [6.45, 7) is 0. The van der Waals surface area contributed by atoms with E-state index in [9.17, 15) is 13.2 Å². The van der Waals surface area contributed by atoms with E-state index < -0.39 is 11.7 Å². The van der Waals surface area contributed by atoms with Gasteiger partial charge in [0.15, 0.2) is 4.67 Å². The molecule has 2 heterocycles. The van der Waals surface area contributed by atoms with Gasteiger partial charge < -0.3 is 4.42 Å². The molecule has 2 aromatic heterocycles. The lowest BCUT2D eigenvalue weighted by molar-refractivity contribution is -0.137. The molecule has 0 radical (unpaired) electrons. The van der Waals surface area contributed by atoms with Crippen LogP contribution in [0.5, 0.6) is 0 Å². The minimum absolute atomic E-state index is 0.185. The molecule has 74 valence electrons. The Morgan fingerprint density at radius 3 is 2.64 bits per heavy atom. The summed E-state index contributed by atoms with van der Waals surface area (Å²) < 4.78 is 42.1. The van der Waals surface area contributed by atoms with Gasteiger partial charge in [-0.15, -0.1) is 0 Å². The van der Waals surface area contributed by atoms with E-state index in [2.05, 4.69) is 20.9 Å². The van der Waals surface area contributed by atoms with Gasteiger partial charge in [-0.2, -0.15) is 13.2 Å². The van der Waals surface area contributed by atoms with Crippen molar-refractivity contribution in [3.05, 3.63) is 28.6 Å². The highest BCUT2D eigenvalue weighted by molar-refractivity contribution is 9.10. The standard InChI is InChI=1S/C8H3BrF3NO/c9-6-2-4-1-5(8(10,11)12)3-13-7(4)14-6/h1-3H. The van der Waals surface area contributed by atoms with Gasteiger partial charge in [0, 0.05) is 17.6 Å². The van der Waals surface area contributed by atoms with E-state index in [1.165, 1.54) is 6.07 Å². The molecule has 0 spiro atoms. The molecular weight excluding hydrogens is 263 g/mol. The molecule has 0 N–H and O–H groups in total. The summed E-state index contributed by atoms with van der Waals surface area (Å²) in [6.07, 6.45) is -3.62. The van der Waals surface area contributed by atoms with Gasteiger partial charge >= 0.3 is 6.18 Å². The van der Waals surface area contributed by atoms with E-state index in [0.717, 1.165) is 12.3 Å². The van der Waals surface area contributed by atoms with Crippen molar-refractivity contribution in [2.24, 2.45) is 0 Å². The summed E-state index contributed by atoms with van der Waals surface area (Å²) in [4.78, 5) is 3.55. The van der Waals surface area contributed by atoms with Gasteiger partial charge in [-0.05, 0) is 22.0 Å². The maximum atomic E-state index is 12.2. The summed E-state index contributed by atoms with van der Waals surface area (Å²) >= 11 is 3.01. The molecule has 0 unspecified atom stereocenters. The molecule has 2 nitrogen and oxygen atoms in total. The van der Waals surface area contributed by atoms with Crippen molar-refractivity contribution in [2.45, 2.75) is 6.18 Å². The Kier molecular flexibility index (Phi) is 2.02. The second kappa shape index (κ2) is 2.98. The molecule has 0 bridgehead atoms. The molecular formula is C8H3BrF3NO. The van der Waals surface area contributed by atoms with Crippen LogP contribution in [0.25, 0.3) is 11.1 Å². The van der Waals surface area contributed by atoms with Crippen LogP contribution in [0, 0.1) is 0 Å². The topological polar surface area (TPSA) is 26.0 Å². The lowest BCUT2D eigenvalue weighted by atomic mass is 10.2. The van der Waals surface area contributed by atoms with Crippen LogP contribution in [-0.4, -0.2) is 4.98 Å². The number of rotatable bonds is 0. The second-order valence-electron chi connectivity index (χ2n) is 2.67. The molecule has 14 heavy (non-hydrogen) atoms. The number of furan rings is 1. The van der Waals surface area contributed by atoms with Crippen molar-refractivity contribution in [1.29, 1.82) is 0 Å². The van der Waals surface area contributed by atoms with Crippen LogP contribution in [0.4, 0.5) is 13.2 Å². The van der Waals surface area contributed by atoms with Crippen molar-refractivity contribution in [2.75, 3.05) is 0 Å². The fraction of sp³-hybridized carbons (Fsp3) is 0.125. The highest BCUT2D eigenvalue weighted by Crippen LogP contribution is 2.31. The zero-order chi connectivity index (χ0) is 10.3. The van der Waals surface area contributed by atoms with E-state index in [-0.39, 0.29) is 5.71 Å². The third-order valence-corrected chi connectivity index (χ3v) is 2.06. The van der Waals surface area contributed by atoms with Crippen LogP contribution in [0.2, 0.25) is 0 Å². The summed E-state index contributed by atoms with van der Waals surface area (Å²) in [7, 11) is 0. The Balaban J connectivity index is 2.62. The van der Waals surface area contributed by atoms with Crippen molar-refractivity contribution in [3.8, 4) is 0 Å². The van der Waals surface area contributed by atoms with Crippen molar-refractivity contribution >= 4 is 27.0 Å². The second-order valence-corrected chi connectivity index (χ2v) is 3.45. The summed E-state index contributed by atoms with van der Waals surface area (Å²) in [6, 6.07) is 2.44. The third-order valence-electron chi connectivity index (χ3n) is 1.67. The number of halogens is 4. The first kappa shape index (κ1) is 9.51. The zero-order valence-electron chi connectivity index (χ0n) is 6.60. The lowest BCUT2D eigenvalue weighted by Crippen LogP contribution is -2.04. The molecule has 0 aliphatic heterocycles. The van der Waals surface area contributed by atoms with Crippen molar-refractivity contribution in [3.63, 3.8) is 0 Å². The highest BCUT2D eigenvalue weighted by Gasteiger charge is 2.31. The Labute approximate surface area is 84.9 Å². The number of hydrogen-bond acceptors (Lipinski definition) is 2. The van der Waals surface area contributed by atoms with Gasteiger partial charge in [-0.25, -0.2) is 4.98 Å². The summed E-state index contributed by atoms with van der Waals surface area (Å²) in [5, 5.41) is 0.326. The Hall–Kier alpha value is -1.04. The molecule has 0 amide bonds. The quantitative estimate of drug-likeness (QED) is 0.728. The molecule has 0 fully saturated rings. The van der Waals surface area contributed by atoms with Crippen LogP contribution in [0.3, 0.4) is 0 Å². The number of nitrogens with zero attached hydrogens (tertiary/aromatic N) is 1. The summed E-state index contributed by atoms with van der Waals surface area (Å²) in [5.41, 5.74) is -0.594. The molecule has 0 aliphatic carbocycles. The maximum absolute atomic E-state index is 12.2. The smallest absolute Gasteiger partial charge is 0.417 e. The van der Waals surface area contributed by atoms with E-state index in [0.29, 0.717) is 10.1 Å². The molecule has 2 rings (SSSR count). The van der Waals surface area contributed by atoms with Crippen LogP contribution in [-0.2, 0) is 6.18 Å². The number of aromatic nitrogens is 1.